The van der Waals surface area contributed by atoms with Gasteiger partial charge in [-0.3, -0.25) is 4.79 Å². The summed E-state index contributed by atoms with van der Waals surface area (Å²) in [6, 6.07) is 18.2. The zero-order chi connectivity index (χ0) is 28.1. The maximum atomic E-state index is 13.4. The van der Waals surface area contributed by atoms with Gasteiger partial charge >= 0.3 is 0 Å². The van der Waals surface area contributed by atoms with Crippen molar-refractivity contribution in [3.63, 3.8) is 0 Å². The average molecular weight is 582 g/mol. The molecule has 0 aliphatic carbocycles. The Kier molecular flexibility index (Phi) is 10.2. The van der Waals surface area contributed by atoms with E-state index in [1.807, 2.05) is 36.4 Å². The standard InChI is InChI=1S/C32H36FN3O4.ClH/c1-38-29-20-23(21-30(39-2)31(29)40-3)7-6-16-35-17-14-25(15-18-35)36-32(37)27-9-5-4-8-26(27)28(34-36)19-22-10-12-24(33)13-11-22;/h4-5,8-13,20-21,25H,6-7,14-19H2,1-3H3;1H. The smallest absolute Gasteiger partial charge is 0.274 e. The molecule has 0 radical (unpaired) electrons. The number of aryl methyl sites for hydroxylation is 1. The highest BCUT2D eigenvalue weighted by atomic mass is 35.5. The molecule has 218 valence electrons. The Balaban J connectivity index is 0.00000387. The number of hydrogen-bond acceptors (Lipinski definition) is 6. The number of hydrogen-bond donors (Lipinski definition) is 0. The van der Waals surface area contributed by atoms with Crippen LogP contribution in [0, 0.1) is 5.82 Å². The Hall–Kier alpha value is -3.62. The van der Waals surface area contributed by atoms with Crippen LogP contribution >= 0.6 is 12.4 Å². The van der Waals surface area contributed by atoms with E-state index in [0.717, 1.165) is 67.5 Å². The molecule has 0 N–H and O–H groups in total. The van der Waals surface area contributed by atoms with Gasteiger partial charge in [0.2, 0.25) is 5.75 Å². The lowest BCUT2D eigenvalue weighted by Crippen LogP contribution is -2.39. The SMILES string of the molecule is COc1cc(CCCN2CCC(n3nc(Cc4ccc(F)cc4)c4ccccc4c3=O)CC2)cc(OC)c1OC.Cl. The Morgan fingerprint density at radius 2 is 1.51 bits per heavy atom. The summed E-state index contributed by atoms with van der Waals surface area (Å²) in [5.74, 6) is 1.69. The van der Waals surface area contributed by atoms with Crippen LogP contribution in [-0.4, -0.2) is 55.6 Å². The first kappa shape index (κ1) is 30.3. The van der Waals surface area contributed by atoms with Crippen LogP contribution in [0.1, 0.15) is 42.1 Å². The molecular weight excluding hydrogens is 545 g/mol. The number of methoxy groups -OCH3 is 3. The van der Waals surface area contributed by atoms with E-state index in [2.05, 4.69) is 4.90 Å². The first-order valence-electron chi connectivity index (χ1n) is 13.8. The molecule has 1 aliphatic heterocycles. The highest BCUT2D eigenvalue weighted by Gasteiger charge is 2.24. The molecule has 41 heavy (non-hydrogen) atoms. The quantitative estimate of drug-likeness (QED) is 0.234. The second-order valence-corrected chi connectivity index (χ2v) is 10.3. The number of likely N-dealkylation sites (tertiary alicyclic amines) is 1. The summed E-state index contributed by atoms with van der Waals surface area (Å²) in [7, 11) is 4.87. The van der Waals surface area contributed by atoms with Crippen LogP contribution < -0.4 is 19.8 Å². The lowest BCUT2D eigenvalue weighted by Gasteiger charge is -2.32. The monoisotopic (exact) mass is 581 g/mol. The number of rotatable bonds is 10. The Bertz CT molecular complexity index is 1490. The van der Waals surface area contributed by atoms with Crippen LogP contribution in [0.25, 0.3) is 10.8 Å². The van der Waals surface area contributed by atoms with Gasteiger partial charge in [0, 0.05) is 24.9 Å². The van der Waals surface area contributed by atoms with E-state index in [4.69, 9.17) is 19.3 Å². The van der Waals surface area contributed by atoms with E-state index in [9.17, 15) is 9.18 Å². The van der Waals surface area contributed by atoms with Crippen molar-refractivity contribution in [3.8, 4) is 17.2 Å². The highest BCUT2D eigenvalue weighted by molar-refractivity contribution is 5.85. The average Bonchev–Trinajstić information content (AvgIpc) is 2.99. The number of ether oxygens (including phenoxy) is 3. The second kappa shape index (κ2) is 13.8. The minimum atomic E-state index is -0.262. The summed E-state index contributed by atoms with van der Waals surface area (Å²) in [5, 5.41) is 6.41. The number of halogens is 2. The van der Waals surface area contributed by atoms with Crippen LogP contribution in [-0.2, 0) is 12.8 Å². The lowest BCUT2D eigenvalue weighted by atomic mass is 10.0. The molecule has 3 aromatic carbocycles. The van der Waals surface area contributed by atoms with Crippen molar-refractivity contribution in [3.05, 3.63) is 93.7 Å². The van der Waals surface area contributed by atoms with Gasteiger partial charge in [0.15, 0.2) is 11.5 Å². The Morgan fingerprint density at radius 1 is 0.878 bits per heavy atom. The minimum absolute atomic E-state index is 0. The molecule has 0 bridgehead atoms. The van der Waals surface area contributed by atoms with Crippen molar-refractivity contribution in [1.82, 2.24) is 14.7 Å². The number of piperidine rings is 1. The molecule has 0 unspecified atom stereocenters. The van der Waals surface area contributed by atoms with Crippen LogP contribution in [0.15, 0.2) is 65.5 Å². The maximum absolute atomic E-state index is 13.4. The first-order valence-corrected chi connectivity index (χ1v) is 13.8. The van der Waals surface area contributed by atoms with Crippen LogP contribution in [0.3, 0.4) is 0 Å². The molecule has 1 fully saturated rings. The number of benzene rings is 3. The maximum Gasteiger partial charge on any atom is 0.274 e. The van der Waals surface area contributed by atoms with E-state index in [1.165, 1.54) is 12.1 Å². The van der Waals surface area contributed by atoms with Crippen molar-refractivity contribution < 1.29 is 18.6 Å². The fraction of sp³-hybridized carbons (Fsp3) is 0.375. The van der Waals surface area contributed by atoms with Crippen LogP contribution in [0.4, 0.5) is 4.39 Å². The fourth-order valence-electron chi connectivity index (χ4n) is 5.62. The highest BCUT2D eigenvalue weighted by Crippen LogP contribution is 2.38. The molecule has 4 aromatic rings. The summed E-state index contributed by atoms with van der Waals surface area (Å²) in [6.45, 7) is 2.79. The first-order chi connectivity index (χ1) is 19.5. The van der Waals surface area contributed by atoms with E-state index >= 15 is 0 Å². The van der Waals surface area contributed by atoms with Gasteiger partial charge < -0.3 is 19.1 Å². The largest absolute Gasteiger partial charge is 0.493 e. The summed E-state index contributed by atoms with van der Waals surface area (Å²) < 4.78 is 31.6. The third-order valence-corrected chi connectivity index (χ3v) is 7.76. The van der Waals surface area contributed by atoms with Crippen LogP contribution in [0.5, 0.6) is 17.2 Å². The zero-order valence-electron chi connectivity index (χ0n) is 23.8. The number of fused-ring (bicyclic) bond motifs is 1. The van der Waals surface area contributed by atoms with Crippen LogP contribution in [0.2, 0.25) is 0 Å². The number of nitrogens with zero attached hydrogens (tertiary/aromatic N) is 3. The molecule has 7 nitrogen and oxygen atoms in total. The summed E-state index contributed by atoms with van der Waals surface area (Å²) in [4.78, 5) is 15.9. The molecular formula is C32H37ClFN3O4. The fourth-order valence-corrected chi connectivity index (χ4v) is 5.62. The zero-order valence-corrected chi connectivity index (χ0v) is 24.6. The molecule has 1 aromatic heterocycles. The van der Waals surface area contributed by atoms with Crippen molar-refractivity contribution in [1.29, 1.82) is 0 Å². The normalized spacial score (nSPS) is 14.0. The lowest BCUT2D eigenvalue weighted by molar-refractivity contribution is 0.175. The van der Waals surface area contributed by atoms with Gasteiger partial charge in [0.1, 0.15) is 5.82 Å². The third kappa shape index (κ3) is 6.82. The van der Waals surface area contributed by atoms with Crippen molar-refractivity contribution >= 4 is 23.2 Å². The molecule has 0 atom stereocenters. The number of aromatic nitrogens is 2. The summed E-state index contributed by atoms with van der Waals surface area (Å²) >= 11 is 0. The van der Waals surface area contributed by atoms with Crippen molar-refractivity contribution in [2.75, 3.05) is 41.0 Å². The minimum Gasteiger partial charge on any atom is -0.493 e. The van der Waals surface area contributed by atoms with Gasteiger partial charge in [0.05, 0.1) is 38.5 Å². The molecule has 0 spiro atoms. The summed E-state index contributed by atoms with van der Waals surface area (Å²) in [5.41, 5.74) is 2.91. The predicted molar refractivity (Wildman–Crippen MR) is 162 cm³/mol. The Labute approximate surface area is 246 Å². The van der Waals surface area contributed by atoms with Crippen molar-refractivity contribution in [2.45, 2.75) is 38.1 Å². The van der Waals surface area contributed by atoms with Gasteiger partial charge in [-0.2, -0.15) is 5.10 Å². The third-order valence-electron chi connectivity index (χ3n) is 7.76. The summed E-state index contributed by atoms with van der Waals surface area (Å²) in [6.07, 6.45) is 4.17. The predicted octanol–water partition coefficient (Wildman–Crippen LogP) is 5.84. The molecule has 9 heteroatoms. The molecule has 0 amide bonds. The van der Waals surface area contributed by atoms with E-state index in [1.54, 1.807) is 38.1 Å². The molecule has 5 rings (SSSR count). The van der Waals surface area contributed by atoms with E-state index < -0.39 is 0 Å². The molecule has 1 saturated heterocycles. The van der Waals surface area contributed by atoms with Gasteiger partial charge in [-0.25, -0.2) is 9.07 Å². The molecule has 1 aliphatic rings. The Morgan fingerprint density at radius 3 is 2.12 bits per heavy atom. The second-order valence-electron chi connectivity index (χ2n) is 10.3. The van der Waals surface area contributed by atoms with Gasteiger partial charge in [-0.15, -0.1) is 12.4 Å². The molecule has 0 saturated carbocycles. The van der Waals surface area contributed by atoms with E-state index in [0.29, 0.717) is 29.1 Å². The van der Waals surface area contributed by atoms with E-state index in [-0.39, 0.29) is 29.8 Å². The van der Waals surface area contributed by atoms with Crippen molar-refractivity contribution in [2.24, 2.45) is 0 Å². The van der Waals surface area contributed by atoms with Gasteiger partial charge in [-0.1, -0.05) is 30.3 Å². The van der Waals surface area contributed by atoms with Gasteiger partial charge in [0.25, 0.3) is 5.56 Å². The topological polar surface area (TPSA) is 65.8 Å². The van der Waals surface area contributed by atoms with Gasteiger partial charge in [-0.05, 0) is 73.7 Å². The molecule has 2 heterocycles.